The maximum Gasteiger partial charge on any atom is 0.181 e. The molecule has 0 radical (unpaired) electrons. The Labute approximate surface area is 109 Å². The Morgan fingerprint density at radius 2 is 1.50 bits per heavy atom. The smallest absolute Gasteiger partial charge is 0.181 e. The third kappa shape index (κ3) is 3.20. The van der Waals surface area contributed by atoms with Crippen molar-refractivity contribution in [2.75, 3.05) is 0 Å². The molecule has 2 rings (SSSR count). The van der Waals surface area contributed by atoms with Crippen LogP contribution in [0.15, 0.2) is 53.6 Å². The lowest BCUT2D eigenvalue weighted by atomic mass is 10.2. The van der Waals surface area contributed by atoms with E-state index in [0.717, 1.165) is 6.54 Å². The summed E-state index contributed by atoms with van der Waals surface area (Å²) in [6.07, 6.45) is 3.66. The van der Waals surface area contributed by atoms with Gasteiger partial charge >= 0.3 is 0 Å². The summed E-state index contributed by atoms with van der Waals surface area (Å²) in [6, 6.07) is 12.0. The van der Waals surface area contributed by atoms with E-state index in [1.165, 1.54) is 10.8 Å². The Hall–Kier alpha value is -1.61. The number of aromatic nitrogens is 1. The second-order valence-electron chi connectivity index (χ2n) is 5.65. The number of hydrogen-bond donors (Lipinski definition) is 0. The molecule has 0 aliphatic heterocycles. The Morgan fingerprint density at radius 1 is 0.944 bits per heavy atom. The van der Waals surface area contributed by atoms with Gasteiger partial charge in [0.15, 0.2) is 5.43 Å². The van der Waals surface area contributed by atoms with E-state index in [-0.39, 0.29) is 5.43 Å². The maximum atomic E-state index is 11.0. The van der Waals surface area contributed by atoms with Crippen molar-refractivity contribution in [2.45, 2.75) is 26.2 Å². The minimum atomic E-state index is -1.20. The van der Waals surface area contributed by atoms with Gasteiger partial charge < -0.3 is 4.57 Å². The van der Waals surface area contributed by atoms with Crippen LogP contribution in [0.1, 0.15) is 5.56 Å². The fraction of sp³-hybridized carbons (Fsp3) is 0.267. The van der Waals surface area contributed by atoms with E-state index in [2.05, 4.69) is 43.9 Å². The van der Waals surface area contributed by atoms with Gasteiger partial charge in [-0.1, -0.05) is 49.1 Å². The van der Waals surface area contributed by atoms with Crippen LogP contribution in [0.4, 0.5) is 0 Å². The highest BCUT2D eigenvalue weighted by molar-refractivity contribution is 6.88. The second kappa shape index (κ2) is 4.94. The molecule has 2 aromatic rings. The van der Waals surface area contributed by atoms with E-state index >= 15 is 0 Å². The van der Waals surface area contributed by atoms with E-state index in [9.17, 15) is 4.79 Å². The molecule has 1 heterocycles. The number of nitrogens with zero attached hydrogens (tertiary/aromatic N) is 1. The zero-order chi connectivity index (χ0) is 13.2. The molecule has 0 saturated heterocycles. The fourth-order valence-corrected chi connectivity index (χ4v) is 3.04. The molecular weight excluding hydrogens is 238 g/mol. The van der Waals surface area contributed by atoms with Gasteiger partial charge in [0.05, 0.1) is 8.07 Å². The second-order valence-corrected chi connectivity index (χ2v) is 10.7. The number of rotatable bonds is 3. The lowest BCUT2D eigenvalue weighted by Crippen LogP contribution is -2.37. The van der Waals surface area contributed by atoms with Gasteiger partial charge in [-0.3, -0.25) is 4.79 Å². The largest absolute Gasteiger partial charge is 0.350 e. The first-order chi connectivity index (χ1) is 8.45. The average Bonchev–Trinajstić information content (AvgIpc) is 2.32. The summed E-state index contributed by atoms with van der Waals surface area (Å²) in [4.78, 5) is 11.0. The van der Waals surface area contributed by atoms with E-state index in [1.807, 2.05) is 17.0 Å². The van der Waals surface area contributed by atoms with Gasteiger partial charge in [-0.2, -0.15) is 0 Å². The van der Waals surface area contributed by atoms with Crippen molar-refractivity contribution in [3.8, 4) is 0 Å². The molecule has 0 aliphatic carbocycles. The minimum absolute atomic E-state index is 0.0559. The maximum absolute atomic E-state index is 11.0. The van der Waals surface area contributed by atoms with E-state index in [4.69, 9.17) is 0 Å². The van der Waals surface area contributed by atoms with Crippen LogP contribution in [0.25, 0.3) is 0 Å². The van der Waals surface area contributed by atoms with Crippen LogP contribution in [0.3, 0.4) is 0 Å². The summed E-state index contributed by atoms with van der Waals surface area (Å²) in [5.74, 6) is 0. The first-order valence-electron chi connectivity index (χ1n) is 6.21. The molecule has 0 spiro atoms. The van der Waals surface area contributed by atoms with Crippen LogP contribution in [0.5, 0.6) is 0 Å². The van der Waals surface area contributed by atoms with Gasteiger partial charge in [0.2, 0.25) is 0 Å². The highest BCUT2D eigenvalue weighted by Crippen LogP contribution is 2.06. The third-order valence-electron chi connectivity index (χ3n) is 3.05. The van der Waals surface area contributed by atoms with Crippen molar-refractivity contribution in [1.29, 1.82) is 0 Å². The van der Waals surface area contributed by atoms with Crippen LogP contribution in [0, 0.1) is 0 Å². The minimum Gasteiger partial charge on any atom is -0.350 e. The van der Waals surface area contributed by atoms with Gasteiger partial charge in [0.25, 0.3) is 0 Å². The lowest BCUT2D eigenvalue weighted by Gasteiger charge is -2.17. The monoisotopic (exact) mass is 257 g/mol. The quantitative estimate of drug-likeness (QED) is 0.774. The van der Waals surface area contributed by atoms with Crippen LogP contribution in [0.2, 0.25) is 19.6 Å². The Balaban J connectivity index is 2.16. The van der Waals surface area contributed by atoms with Gasteiger partial charge in [-0.05, 0) is 5.56 Å². The molecule has 0 atom stereocenters. The van der Waals surface area contributed by atoms with Crippen molar-refractivity contribution in [3.63, 3.8) is 0 Å². The van der Waals surface area contributed by atoms with Crippen LogP contribution >= 0.6 is 0 Å². The molecule has 1 aromatic carbocycles. The Morgan fingerprint density at radius 3 is 2.00 bits per heavy atom. The summed E-state index contributed by atoms with van der Waals surface area (Å²) in [5.41, 5.74) is 1.32. The highest BCUT2D eigenvalue weighted by atomic mass is 28.3. The van der Waals surface area contributed by atoms with Gasteiger partial charge in [-0.15, -0.1) is 0 Å². The van der Waals surface area contributed by atoms with Gasteiger partial charge in [-0.25, -0.2) is 0 Å². The van der Waals surface area contributed by atoms with Crippen molar-refractivity contribution >= 4 is 13.3 Å². The first-order valence-corrected chi connectivity index (χ1v) is 9.71. The molecule has 0 amide bonds. The molecular formula is C15H19NOSi. The molecule has 0 saturated carbocycles. The van der Waals surface area contributed by atoms with Crippen molar-refractivity contribution in [1.82, 2.24) is 4.57 Å². The zero-order valence-corrected chi connectivity index (χ0v) is 12.2. The molecule has 0 unspecified atom stereocenters. The van der Waals surface area contributed by atoms with E-state index in [0.29, 0.717) is 0 Å². The molecule has 18 heavy (non-hydrogen) atoms. The standard InChI is InChI=1S/C15H19NOSi/c1-18(2,3)15-6-4-13(5-7-15)12-16-10-8-14(17)9-11-16/h4-11H,12H2,1-3H3. The molecule has 0 aliphatic rings. The van der Waals surface area contributed by atoms with E-state index < -0.39 is 8.07 Å². The molecule has 0 fully saturated rings. The average molecular weight is 257 g/mol. The topological polar surface area (TPSA) is 22.0 Å². The summed E-state index contributed by atoms with van der Waals surface area (Å²) < 4.78 is 2.02. The fourth-order valence-electron chi connectivity index (χ4n) is 1.87. The Bertz CT molecular complexity index is 558. The Kier molecular flexibility index (Phi) is 3.52. The predicted molar refractivity (Wildman–Crippen MR) is 79.2 cm³/mol. The summed E-state index contributed by atoms with van der Waals surface area (Å²) in [7, 11) is -1.20. The van der Waals surface area contributed by atoms with Crippen molar-refractivity contribution in [3.05, 3.63) is 64.6 Å². The number of benzene rings is 1. The number of hydrogen-bond acceptors (Lipinski definition) is 1. The molecule has 0 bridgehead atoms. The SMILES string of the molecule is C[Si](C)(C)c1ccc(Cn2ccc(=O)cc2)cc1. The predicted octanol–water partition coefficient (Wildman–Crippen LogP) is 2.44. The molecule has 0 N–H and O–H groups in total. The van der Waals surface area contributed by atoms with Gasteiger partial charge in [0, 0.05) is 31.1 Å². The summed E-state index contributed by atoms with van der Waals surface area (Å²) in [6.45, 7) is 7.86. The van der Waals surface area contributed by atoms with Crippen molar-refractivity contribution in [2.24, 2.45) is 0 Å². The van der Waals surface area contributed by atoms with Crippen LogP contribution in [-0.4, -0.2) is 12.6 Å². The van der Waals surface area contributed by atoms with Gasteiger partial charge in [0.1, 0.15) is 0 Å². The molecule has 2 nitrogen and oxygen atoms in total. The van der Waals surface area contributed by atoms with Crippen LogP contribution in [-0.2, 0) is 6.54 Å². The van der Waals surface area contributed by atoms with Crippen molar-refractivity contribution < 1.29 is 0 Å². The number of pyridine rings is 1. The zero-order valence-electron chi connectivity index (χ0n) is 11.2. The lowest BCUT2D eigenvalue weighted by molar-refractivity contribution is 0.789. The summed E-state index contributed by atoms with van der Waals surface area (Å²) >= 11 is 0. The summed E-state index contributed by atoms with van der Waals surface area (Å²) in [5, 5.41) is 1.48. The highest BCUT2D eigenvalue weighted by Gasteiger charge is 2.15. The van der Waals surface area contributed by atoms with Crippen LogP contribution < -0.4 is 10.6 Å². The van der Waals surface area contributed by atoms with E-state index in [1.54, 1.807) is 12.1 Å². The first kappa shape index (κ1) is 12.8. The normalized spacial score (nSPS) is 11.5. The third-order valence-corrected chi connectivity index (χ3v) is 5.11. The molecule has 1 aromatic heterocycles. The molecule has 94 valence electrons. The molecule has 3 heteroatoms.